The highest BCUT2D eigenvalue weighted by atomic mass is 14.2. The van der Waals surface area contributed by atoms with E-state index in [-0.39, 0.29) is 0 Å². The molecule has 0 nitrogen and oxygen atoms in total. The van der Waals surface area contributed by atoms with Gasteiger partial charge in [-0.15, -0.1) is 0 Å². The summed E-state index contributed by atoms with van der Waals surface area (Å²) < 4.78 is 0. The van der Waals surface area contributed by atoms with Crippen LogP contribution in [-0.4, -0.2) is 0 Å². The van der Waals surface area contributed by atoms with Crippen LogP contribution in [0.25, 0.3) is 0 Å². The molecule has 0 aromatic heterocycles. The molecule has 0 amide bonds. The molecule has 0 aliphatic heterocycles. The van der Waals surface area contributed by atoms with Gasteiger partial charge in [-0.25, -0.2) is 0 Å². The number of hydrogen-bond donors (Lipinski definition) is 0. The normalized spacial score (nSPS) is 17.8. The molecule has 0 spiro atoms. The van der Waals surface area contributed by atoms with Crippen LogP contribution in [0.2, 0.25) is 0 Å². The predicted octanol–water partition coefficient (Wildman–Crippen LogP) is 5.52. The number of rotatable bonds is 8. The van der Waals surface area contributed by atoms with E-state index in [4.69, 9.17) is 0 Å². The van der Waals surface area contributed by atoms with Crippen molar-refractivity contribution in [2.75, 3.05) is 0 Å². The van der Waals surface area contributed by atoms with Gasteiger partial charge in [-0.05, 0) is 36.5 Å². The molecule has 0 fully saturated rings. The van der Waals surface area contributed by atoms with Crippen LogP contribution in [0, 0.1) is 23.7 Å². The molecule has 3 atom stereocenters. The zero-order chi connectivity index (χ0) is 11.8. The van der Waals surface area contributed by atoms with Crippen molar-refractivity contribution in [1.82, 2.24) is 0 Å². The first kappa shape index (κ1) is 15.0. The molecule has 0 radical (unpaired) electrons. The largest absolute Gasteiger partial charge is 0.0651 e. The molecule has 0 saturated heterocycles. The molecule has 0 aliphatic carbocycles. The average molecular weight is 212 g/mol. The van der Waals surface area contributed by atoms with Crippen molar-refractivity contribution in [3.05, 3.63) is 0 Å². The third-order valence-electron chi connectivity index (χ3n) is 4.00. The van der Waals surface area contributed by atoms with Crippen molar-refractivity contribution in [3.63, 3.8) is 0 Å². The lowest BCUT2D eigenvalue weighted by atomic mass is 9.84. The minimum absolute atomic E-state index is 0.866. The fourth-order valence-corrected chi connectivity index (χ4v) is 2.48. The third-order valence-corrected chi connectivity index (χ3v) is 4.00. The Morgan fingerprint density at radius 2 is 1.33 bits per heavy atom. The van der Waals surface area contributed by atoms with E-state index in [0.29, 0.717) is 0 Å². The summed E-state index contributed by atoms with van der Waals surface area (Å²) in [5, 5.41) is 0. The summed E-state index contributed by atoms with van der Waals surface area (Å²) >= 11 is 0. The standard InChI is InChI=1S/C15H32/c1-7-13(5)11-14(6)9-10-15(8-2)12(3)4/h12-15H,7-11H2,1-6H3. The van der Waals surface area contributed by atoms with E-state index < -0.39 is 0 Å². The number of hydrogen-bond acceptors (Lipinski definition) is 0. The van der Waals surface area contributed by atoms with Gasteiger partial charge in [0.25, 0.3) is 0 Å². The maximum absolute atomic E-state index is 2.43. The Hall–Kier alpha value is 0. The lowest BCUT2D eigenvalue weighted by molar-refractivity contribution is 0.296. The molecule has 0 N–H and O–H groups in total. The summed E-state index contributed by atoms with van der Waals surface area (Å²) in [6.45, 7) is 14.2. The molecule has 0 heterocycles. The molecular weight excluding hydrogens is 180 g/mol. The van der Waals surface area contributed by atoms with E-state index in [1.54, 1.807) is 0 Å². The molecule has 0 aromatic carbocycles. The molecule has 0 heteroatoms. The van der Waals surface area contributed by atoms with Crippen LogP contribution in [0.1, 0.15) is 73.6 Å². The quantitative estimate of drug-likeness (QED) is 0.497. The van der Waals surface area contributed by atoms with Gasteiger partial charge in [-0.3, -0.25) is 0 Å². The van der Waals surface area contributed by atoms with Gasteiger partial charge in [0, 0.05) is 0 Å². The van der Waals surface area contributed by atoms with E-state index >= 15 is 0 Å². The van der Waals surface area contributed by atoms with Crippen molar-refractivity contribution >= 4 is 0 Å². The Morgan fingerprint density at radius 3 is 1.73 bits per heavy atom. The first-order chi connectivity index (χ1) is 7.01. The second-order valence-corrected chi connectivity index (χ2v) is 5.84. The minimum atomic E-state index is 0.866. The fourth-order valence-electron chi connectivity index (χ4n) is 2.48. The SMILES string of the molecule is CCC(C)CC(C)CCC(CC)C(C)C. The summed E-state index contributed by atoms with van der Waals surface area (Å²) in [7, 11) is 0. The molecule has 0 rings (SSSR count). The van der Waals surface area contributed by atoms with Crippen LogP contribution in [0.4, 0.5) is 0 Å². The summed E-state index contributed by atoms with van der Waals surface area (Å²) in [5.41, 5.74) is 0. The van der Waals surface area contributed by atoms with E-state index in [1.807, 2.05) is 0 Å². The zero-order valence-electron chi connectivity index (χ0n) is 11.8. The van der Waals surface area contributed by atoms with Gasteiger partial charge < -0.3 is 0 Å². The predicted molar refractivity (Wildman–Crippen MR) is 71.1 cm³/mol. The molecule has 0 bridgehead atoms. The highest BCUT2D eigenvalue weighted by Gasteiger charge is 2.13. The molecule has 0 aromatic rings. The van der Waals surface area contributed by atoms with Gasteiger partial charge in [0.15, 0.2) is 0 Å². The van der Waals surface area contributed by atoms with Crippen LogP contribution in [0.3, 0.4) is 0 Å². The summed E-state index contributed by atoms with van der Waals surface area (Å²) in [6.07, 6.45) is 6.98. The van der Waals surface area contributed by atoms with Crippen molar-refractivity contribution in [3.8, 4) is 0 Å². The lowest BCUT2D eigenvalue weighted by Crippen LogP contribution is -2.10. The molecule has 3 unspecified atom stereocenters. The van der Waals surface area contributed by atoms with Crippen molar-refractivity contribution in [1.29, 1.82) is 0 Å². The van der Waals surface area contributed by atoms with Crippen LogP contribution < -0.4 is 0 Å². The van der Waals surface area contributed by atoms with E-state index in [2.05, 4.69) is 41.5 Å². The Balaban J connectivity index is 3.73. The molecule has 92 valence electrons. The monoisotopic (exact) mass is 212 g/mol. The molecule has 0 saturated carbocycles. The zero-order valence-corrected chi connectivity index (χ0v) is 11.8. The van der Waals surface area contributed by atoms with Gasteiger partial charge in [-0.1, -0.05) is 60.8 Å². The Kier molecular flexibility index (Phi) is 8.19. The van der Waals surface area contributed by atoms with Crippen LogP contribution in [0.15, 0.2) is 0 Å². The Morgan fingerprint density at radius 1 is 0.733 bits per heavy atom. The van der Waals surface area contributed by atoms with Crippen LogP contribution >= 0.6 is 0 Å². The van der Waals surface area contributed by atoms with Gasteiger partial charge in [0.05, 0.1) is 0 Å². The van der Waals surface area contributed by atoms with E-state index in [1.165, 1.54) is 32.1 Å². The van der Waals surface area contributed by atoms with Crippen molar-refractivity contribution in [2.24, 2.45) is 23.7 Å². The van der Waals surface area contributed by atoms with Gasteiger partial charge in [-0.2, -0.15) is 0 Å². The Bertz CT molecular complexity index is 137. The van der Waals surface area contributed by atoms with E-state index in [0.717, 1.165) is 23.7 Å². The first-order valence-corrected chi connectivity index (χ1v) is 7.01. The minimum Gasteiger partial charge on any atom is -0.0651 e. The second-order valence-electron chi connectivity index (χ2n) is 5.84. The van der Waals surface area contributed by atoms with Crippen molar-refractivity contribution in [2.45, 2.75) is 73.6 Å². The van der Waals surface area contributed by atoms with Crippen LogP contribution in [-0.2, 0) is 0 Å². The topological polar surface area (TPSA) is 0 Å². The third kappa shape index (κ3) is 6.98. The van der Waals surface area contributed by atoms with Gasteiger partial charge in [0.1, 0.15) is 0 Å². The first-order valence-electron chi connectivity index (χ1n) is 7.01. The lowest BCUT2D eigenvalue weighted by Gasteiger charge is -2.22. The summed E-state index contributed by atoms with van der Waals surface area (Å²) in [4.78, 5) is 0. The Labute approximate surface area is 97.8 Å². The van der Waals surface area contributed by atoms with Gasteiger partial charge >= 0.3 is 0 Å². The smallest absolute Gasteiger partial charge is 0.0394 e. The van der Waals surface area contributed by atoms with Crippen molar-refractivity contribution < 1.29 is 0 Å². The fraction of sp³-hybridized carbons (Fsp3) is 1.00. The highest BCUT2D eigenvalue weighted by Crippen LogP contribution is 2.26. The summed E-state index contributed by atoms with van der Waals surface area (Å²) in [5.74, 6) is 3.65. The summed E-state index contributed by atoms with van der Waals surface area (Å²) in [6, 6.07) is 0. The highest BCUT2D eigenvalue weighted by molar-refractivity contribution is 4.65. The van der Waals surface area contributed by atoms with E-state index in [9.17, 15) is 0 Å². The molecule has 15 heavy (non-hydrogen) atoms. The second kappa shape index (κ2) is 8.19. The van der Waals surface area contributed by atoms with Crippen LogP contribution in [0.5, 0.6) is 0 Å². The maximum atomic E-state index is 2.43. The maximum Gasteiger partial charge on any atom is -0.0394 e. The molecular formula is C15H32. The molecule has 0 aliphatic rings. The average Bonchev–Trinajstić information content (AvgIpc) is 2.17. The van der Waals surface area contributed by atoms with Gasteiger partial charge in [0.2, 0.25) is 0 Å².